The van der Waals surface area contributed by atoms with Crippen LogP contribution in [0.5, 0.6) is 0 Å². The Morgan fingerprint density at radius 2 is 1.68 bits per heavy atom. The molecule has 0 aromatic carbocycles. The van der Waals surface area contributed by atoms with Crippen molar-refractivity contribution in [3.05, 3.63) is 12.2 Å². The van der Waals surface area contributed by atoms with Gasteiger partial charge in [-0.1, -0.05) is 51.2 Å². The number of carboxylic acid groups (broad SMARTS) is 1. The second kappa shape index (κ2) is 13.0. The maximum Gasteiger partial charge on any atom is 0.303 e. The second-order valence-corrected chi connectivity index (χ2v) is 8.43. The van der Waals surface area contributed by atoms with Gasteiger partial charge in [0.1, 0.15) is 0 Å². The number of rotatable bonds is 15. The summed E-state index contributed by atoms with van der Waals surface area (Å²) in [6.45, 7) is 2.95. The lowest BCUT2D eigenvalue weighted by Crippen LogP contribution is -2.38. The molecule has 2 heterocycles. The van der Waals surface area contributed by atoms with Crippen LogP contribution in [0.25, 0.3) is 0 Å². The quantitative estimate of drug-likeness (QED) is 0.308. The fourth-order valence-corrected chi connectivity index (χ4v) is 4.61. The van der Waals surface area contributed by atoms with Crippen molar-refractivity contribution in [1.29, 1.82) is 0 Å². The Labute approximate surface area is 170 Å². The third-order valence-corrected chi connectivity index (χ3v) is 6.22. The Hall–Kier alpha value is -1.36. The molecule has 1 unspecified atom stereocenters. The van der Waals surface area contributed by atoms with Crippen LogP contribution in [0.3, 0.4) is 0 Å². The zero-order chi connectivity index (χ0) is 20.2. The average Bonchev–Trinajstić information content (AvgIpc) is 3.27. The van der Waals surface area contributed by atoms with Crippen LogP contribution < -0.4 is 5.32 Å². The molecule has 2 rings (SSSR count). The van der Waals surface area contributed by atoms with Crippen LogP contribution in [0, 0.1) is 11.8 Å². The predicted molar refractivity (Wildman–Crippen MR) is 111 cm³/mol. The molecule has 0 aromatic rings. The minimum Gasteiger partial charge on any atom is -0.481 e. The number of ether oxygens (including phenoxy) is 1. The molecule has 0 aromatic heterocycles. The van der Waals surface area contributed by atoms with E-state index in [-0.39, 0.29) is 12.3 Å². The maximum absolute atomic E-state index is 12.2. The Morgan fingerprint density at radius 1 is 0.964 bits per heavy atom. The lowest BCUT2D eigenvalue weighted by atomic mass is 9.77. The number of carbonyl (C=O) groups excluding carboxylic acids is 1. The van der Waals surface area contributed by atoms with E-state index in [0.717, 1.165) is 45.1 Å². The van der Waals surface area contributed by atoms with E-state index in [4.69, 9.17) is 9.84 Å². The number of nitrogens with one attached hydrogen (secondary N) is 1. The standard InChI is InChI=1S/C23H39NO4/c1-2-3-4-5-6-10-13-22(25)24-17-19-18(20-15-16-21(19)28-20)12-9-7-8-11-14-23(26)27/h7,9,18-21H,2-6,8,10-17H2,1H3,(H,24,25)(H,26,27)/b9-7-/t18-,19?,20+,21-/m1/s1. The SMILES string of the molecule is CCCCCCCCC(=O)NCC1[C@@H](C/C=C\CCCC(=O)O)[C@@H]2CC[C@H]1O2. The molecule has 0 aliphatic carbocycles. The van der Waals surface area contributed by atoms with Gasteiger partial charge in [0.2, 0.25) is 5.91 Å². The fourth-order valence-electron chi connectivity index (χ4n) is 4.61. The van der Waals surface area contributed by atoms with E-state index in [1.54, 1.807) is 0 Å². The molecule has 1 amide bonds. The summed E-state index contributed by atoms with van der Waals surface area (Å²) in [6.07, 6.45) is 17.7. The van der Waals surface area contributed by atoms with Gasteiger partial charge in [0, 0.05) is 25.3 Å². The number of hydrogen-bond donors (Lipinski definition) is 2. The Balaban J connectivity index is 1.64. The van der Waals surface area contributed by atoms with E-state index in [2.05, 4.69) is 24.4 Å². The third kappa shape index (κ3) is 7.94. The third-order valence-electron chi connectivity index (χ3n) is 6.22. The smallest absolute Gasteiger partial charge is 0.303 e. The van der Waals surface area contributed by atoms with Gasteiger partial charge in [-0.3, -0.25) is 9.59 Å². The molecule has 2 bridgehead atoms. The van der Waals surface area contributed by atoms with Gasteiger partial charge in [-0.05, 0) is 44.4 Å². The van der Waals surface area contributed by atoms with Crippen molar-refractivity contribution < 1.29 is 19.4 Å². The van der Waals surface area contributed by atoms with E-state index >= 15 is 0 Å². The van der Waals surface area contributed by atoms with Crippen molar-refractivity contribution in [2.45, 2.75) is 103 Å². The van der Waals surface area contributed by atoms with E-state index in [0.29, 0.717) is 36.9 Å². The first-order valence-corrected chi connectivity index (χ1v) is 11.4. The number of carbonyl (C=O) groups is 2. The predicted octanol–water partition coefficient (Wildman–Crippen LogP) is 4.85. The minimum absolute atomic E-state index is 0.182. The van der Waals surface area contributed by atoms with Gasteiger partial charge in [-0.15, -0.1) is 0 Å². The Kier molecular flexibility index (Phi) is 10.6. The van der Waals surface area contributed by atoms with E-state index < -0.39 is 5.97 Å². The molecule has 5 heteroatoms. The molecule has 28 heavy (non-hydrogen) atoms. The van der Waals surface area contributed by atoms with Gasteiger partial charge in [0.25, 0.3) is 0 Å². The molecule has 0 radical (unpaired) electrons. The zero-order valence-corrected chi connectivity index (χ0v) is 17.5. The largest absolute Gasteiger partial charge is 0.481 e. The van der Waals surface area contributed by atoms with Crippen molar-refractivity contribution in [2.24, 2.45) is 11.8 Å². The molecule has 0 spiro atoms. The number of amides is 1. The maximum atomic E-state index is 12.2. The molecule has 2 aliphatic rings. The molecule has 2 fully saturated rings. The van der Waals surface area contributed by atoms with Crippen LogP contribution in [0.2, 0.25) is 0 Å². The van der Waals surface area contributed by atoms with Gasteiger partial charge < -0.3 is 15.2 Å². The summed E-state index contributed by atoms with van der Waals surface area (Å²) in [7, 11) is 0. The van der Waals surface area contributed by atoms with Crippen LogP contribution in [0.15, 0.2) is 12.2 Å². The normalized spacial score (nSPS) is 26.2. The highest BCUT2D eigenvalue weighted by Gasteiger charge is 2.47. The van der Waals surface area contributed by atoms with Crippen LogP contribution in [-0.4, -0.2) is 35.7 Å². The fraction of sp³-hybridized carbons (Fsp3) is 0.826. The van der Waals surface area contributed by atoms with Gasteiger partial charge in [-0.2, -0.15) is 0 Å². The summed E-state index contributed by atoms with van der Waals surface area (Å²) in [5.41, 5.74) is 0. The van der Waals surface area contributed by atoms with E-state index in [9.17, 15) is 9.59 Å². The highest BCUT2D eigenvalue weighted by molar-refractivity contribution is 5.75. The molecule has 2 saturated heterocycles. The Bertz CT molecular complexity index is 505. The highest BCUT2D eigenvalue weighted by Crippen LogP contribution is 2.44. The number of aliphatic carboxylic acids is 1. The van der Waals surface area contributed by atoms with Crippen molar-refractivity contribution in [1.82, 2.24) is 5.32 Å². The van der Waals surface area contributed by atoms with Crippen LogP contribution in [-0.2, 0) is 14.3 Å². The van der Waals surface area contributed by atoms with Crippen LogP contribution >= 0.6 is 0 Å². The number of carboxylic acids is 1. The number of allylic oxidation sites excluding steroid dienone is 2. The Morgan fingerprint density at radius 3 is 2.43 bits per heavy atom. The zero-order valence-electron chi connectivity index (χ0n) is 17.5. The molecular weight excluding hydrogens is 354 g/mol. The summed E-state index contributed by atoms with van der Waals surface area (Å²) in [4.78, 5) is 22.7. The second-order valence-electron chi connectivity index (χ2n) is 8.43. The molecular formula is C23H39NO4. The van der Waals surface area contributed by atoms with Gasteiger partial charge >= 0.3 is 5.97 Å². The van der Waals surface area contributed by atoms with Gasteiger partial charge in [0.05, 0.1) is 12.2 Å². The molecule has 5 nitrogen and oxygen atoms in total. The average molecular weight is 394 g/mol. The first-order valence-electron chi connectivity index (χ1n) is 11.4. The van der Waals surface area contributed by atoms with Crippen molar-refractivity contribution in [2.75, 3.05) is 6.54 Å². The number of hydrogen-bond acceptors (Lipinski definition) is 3. The van der Waals surface area contributed by atoms with Crippen molar-refractivity contribution in [3.8, 4) is 0 Å². The van der Waals surface area contributed by atoms with Gasteiger partial charge in [0.15, 0.2) is 0 Å². The van der Waals surface area contributed by atoms with Gasteiger partial charge in [-0.25, -0.2) is 0 Å². The van der Waals surface area contributed by atoms with Crippen LogP contribution in [0.1, 0.15) is 90.4 Å². The van der Waals surface area contributed by atoms with Crippen molar-refractivity contribution in [3.63, 3.8) is 0 Å². The minimum atomic E-state index is -0.730. The molecule has 160 valence electrons. The molecule has 2 N–H and O–H groups in total. The lowest BCUT2D eigenvalue weighted by molar-refractivity contribution is -0.137. The first-order chi connectivity index (χ1) is 13.6. The molecule has 0 saturated carbocycles. The summed E-state index contributed by atoms with van der Waals surface area (Å²) in [5.74, 6) is 0.340. The summed E-state index contributed by atoms with van der Waals surface area (Å²) in [5, 5.41) is 11.8. The monoisotopic (exact) mass is 393 g/mol. The van der Waals surface area contributed by atoms with E-state index in [1.807, 2.05) is 0 Å². The summed E-state index contributed by atoms with van der Waals surface area (Å²) >= 11 is 0. The summed E-state index contributed by atoms with van der Waals surface area (Å²) < 4.78 is 6.11. The molecule has 2 aliphatic heterocycles. The topological polar surface area (TPSA) is 75.6 Å². The first kappa shape index (κ1) is 22.9. The van der Waals surface area contributed by atoms with E-state index in [1.165, 1.54) is 25.7 Å². The highest BCUT2D eigenvalue weighted by atomic mass is 16.5. The molecule has 4 atom stereocenters. The lowest BCUT2D eigenvalue weighted by Gasteiger charge is -2.27. The number of unbranched alkanes of at least 4 members (excludes halogenated alkanes) is 6. The van der Waals surface area contributed by atoms with Crippen molar-refractivity contribution >= 4 is 11.9 Å². The van der Waals surface area contributed by atoms with Crippen LogP contribution in [0.4, 0.5) is 0 Å². The summed E-state index contributed by atoms with van der Waals surface area (Å²) in [6, 6.07) is 0. The number of fused-ring (bicyclic) bond motifs is 2.